The van der Waals surface area contributed by atoms with E-state index in [1.54, 1.807) is 19.1 Å². The van der Waals surface area contributed by atoms with Crippen molar-refractivity contribution < 1.29 is 19.2 Å². The highest BCUT2D eigenvalue weighted by Crippen LogP contribution is 2.27. The molecule has 0 aliphatic rings. The summed E-state index contributed by atoms with van der Waals surface area (Å²) in [5, 5.41) is 10.8. The number of ether oxygens (including phenoxy) is 2. The first kappa shape index (κ1) is 14.9. The Bertz CT molecular complexity index is 475. The molecule has 0 aromatic heterocycles. The zero-order valence-electron chi connectivity index (χ0n) is 10.8. The number of rotatable bonds is 6. The van der Waals surface area contributed by atoms with E-state index in [0.29, 0.717) is 0 Å². The lowest BCUT2D eigenvalue weighted by atomic mass is 10.2. The van der Waals surface area contributed by atoms with Crippen molar-refractivity contribution in [1.29, 1.82) is 0 Å². The van der Waals surface area contributed by atoms with Crippen LogP contribution in [0.2, 0.25) is 0 Å². The van der Waals surface area contributed by atoms with Gasteiger partial charge in [-0.25, -0.2) is 0 Å². The van der Waals surface area contributed by atoms with Gasteiger partial charge in [-0.2, -0.15) is 0 Å². The Morgan fingerprint density at radius 2 is 2.21 bits per heavy atom. The number of nitrogens with zero attached hydrogens (tertiary/aromatic N) is 1. The SMILES string of the molecule is COC(=O)C(N)CCOc1cc(C)ccc1[N+](=O)[O-]. The molecule has 0 fully saturated rings. The van der Waals surface area contributed by atoms with Crippen molar-refractivity contribution in [3.63, 3.8) is 0 Å². The molecule has 0 bridgehead atoms. The van der Waals surface area contributed by atoms with Crippen LogP contribution in [0.25, 0.3) is 0 Å². The lowest BCUT2D eigenvalue weighted by Gasteiger charge is -2.11. The van der Waals surface area contributed by atoms with Crippen molar-refractivity contribution in [1.82, 2.24) is 0 Å². The molecule has 7 nitrogen and oxygen atoms in total. The van der Waals surface area contributed by atoms with Gasteiger partial charge in [-0.3, -0.25) is 14.9 Å². The topological polar surface area (TPSA) is 105 Å². The van der Waals surface area contributed by atoms with E-state index in [-0.39, 0.29) is 24.5 Å². The molecule has 104 valence electrons. The second kappa shape index (κ2) is 6.69. The minimum Gasteiger partial charge on any atom is -0.487 e. The molecule has 0 saturated carbocycles. The fourth-order valence-corrected chi connectivity index (χ4v) is 1.45. The third kappa shape index (κ3) is 4.22. The number of nitro benzene ring substituents is 1. The first-order chi connectivity index (χ1) is 8.95. The smallest absolute Gasteiger partial charge is 0.322 e. The van der Waals surface area contributed by atoms with Crippen molar-refractivity contribution in [3.05, 3.63) is 33.9 Å². The Balaban J connectivity index is 2.65. The largest absolute Gasteiger partial charge is 0.487 e. The Morgan fingerprint density at radius 1 is 1.53 bits per heavy atom. The lowest BCUT2D eigenvalue weighted by Crippen LogP contribution is -2.33. The van der Waals surface area contributed by atoms with Crippen LogP contribution in [-0.4, -0.2) is 30.7 Å². The fourth-order valence-electron chi connectivity index (χ4n) is 1.45. The molecule has 7 heteroatoms. The number of nitro groups is 1. The van der Waals surface area contributed by atoms with Crippen LogP contribution in [0.5, 0.6) is 5.75 Å². The summed E-state index contributed by atoms with van der Waals surface area (Å²) in [5.41, 5.74) is 6.26. The maximum absolute atomic E-state index is 11.1. The van der Waals surface area contributed by atoms with Crippen LogP contribution in [-0.2, 0) is 9.53 Å². The minimum atomic E-state index is -0.797. The maximum Gasteiger partial charge on any atom is 0.322 e. The first-order valence-corrected chi connectivity index (χ1v) is 5.67. The van der Waals surface area contributed by atoms with Gasteiger partial charge in [0.05, 0.1) is 18.6 Å². The molecule has 1 aromatic rings. The molecule has 1 unspecified atom stereocenters. The highest BCUT2D eigenvalue weighted by Gasteiger charge is 2.17. The maximum atomic E-state index is 11.1. The summed E-state index contributed by atoms with van der Waals surface area (Å²) in [7, 11) is 1.24. The number of aryl methyl sites for hydroxylation is 1. The van der Waals surface area contributed by atoms with Crippen LogP contribution in [0.1, 0.15) is 12.0 Å². The van der Waals surface area contributed by atoms with Gasteiger partial charge in [-0.1, -0.05) is 6.07 Å². The first-order valence-electron chi connectivity index (χ1n) is 5.67. The number of benzene rings is 1. The quantitative estimate of drug-likeness (QED) is 0.471. The number of carbonyl (C=O) groups excluding carboxylic acids is 1. The van der Waals surface area contributed by atoms with E-state index in [2.05, 4.69) is 4.74 Å². The lowest BCUT2D eigenvalue weighted by molar-refractivity contribution is -0.385. The molecule has 0 spiro atoms. The number of methoxy groups -OCH3 is 1. The molecule has 0 radical (unpaired) electrons. The number of esters is 1. The van der Waals surface area contributed by atoms with Gasteiger partial charge in [0.25, 0.3) is 0 Å². The third-order valence-electron chi connectivity index (χ3n) is 2.50. The minimum absolute atomic E-state index is 0.0978. The summed E-state index contributed by atoms with van der Waals surface area (Å²) in [6.07, 6.45) is 0.220. The van der Waals surface area contributed by atoms with Crippen LogP contribution < -0.4 is 10.5 Å². The van der Waals surface area contributed by atoms with Gasteiger partial charge in [-0.15, -0.1) is 0 Å². The van der Waals surface area contributed by atoms with Gasteiger partial charge in [0.2, 0.25) is 0 Å². The van der Waals surface area contributed by atoms with E-state index in [0.717, 1.165) is 5.56 Å². The van der Waals surface area contributed by atoms with E-state index in [1.165, 1.54) is 13.2 Å². The zero-order valence-corrected chi connectivity index (χ0v) is 10.8. The van der Waals surface area contributed by atoms with Crippen LogP contribution in [0.4, 0.5) is 5.69 Å². The molecule has 0 amide bonds. The molecular formula is C12H16N2O5. The van der Waals surface area contributed by atoms with Crippen LogP contribution in [0.15, 0.2) is 18.2 Å². The normalized spacial score (nSPS) is 11.7. The molecule has 19 heavy (non-hydrogen) atoms. The van der Waals surface area contributed by atoms with E-state index in [4.69, 9.17) is 10.5 Å². The van der Waals surface area contributed by atoms with Crippen molar-refractivity contribution in [2.24, 2.45) is 5.73 Å². The Kier molecular flexibility index (Phi) is 5.25. The average molecular weight is 268 g/mol. The Morgan fingerprint density at radius 3 is 2.79 bits per heavy atom. The summed E-state index contributed by atoms with van der Waals surface area (Å²) < 4.78 is 9.78. The predicted molar refractivity (Wildman–Crippen MR) is 67.9 cm³/mol. The second-order valence-corrected chi connectivity index (χ2v) is 4.00. The standard InChI is InChI=1S/C12H16N2O5/c1-8-3-4-10(14(16)17)11(7-8)19-6-5-9(13)12(15)18-2/h3-4,7,9H,5-6,13H2,1-2H3. The van der Waals surface area contributed by atoms with E-state index >= 15 is 0 Å². The summed E-state index contributed by atoms with van der Waals surface area (Å²) >= 11 is 0. The predicted octanol–water partition coefficient (Wildman–Crippen LogP) is 1.17. The average Bonchev–Trinajstić information content (AvgIpc) is 2.37. The van der Waals surface area contributed by atoms with Crippen molar-refractivity contribution in [2.75, 3.05) is 13.7 Å². The van der Waals surface area contributed by atoms with Crippen LogP contribution >= 0.6 is 0 Å². The third-order valence-corrected chi connectivity index (χ3v) is 2.50. The van der Waals surface area contributed by atoms with Gasteiger partial charge in [0.15, 0.2) is 5.75 Å². The molecule has 1 aromatic carbocycles. The van der Waals surface area contributed by atoms with Crippen molar-refractivity contribution >= 4 is 11.7 Å². The second-order valence-electron chi connectivity index (χ2n) is 4.00. The summed E-state index contributed by atoms with van der Waals surface area (Å²) in [6.45, 7) is 1.90. The summed E-state index contributed by atoms with van der Waals surface area (Å²) in [4.78, 5) is 21.4. The zero-order chi connectivity index (χ0) is 14.4. The molecule has 0 heterocycles. The number of hydrogen-bond donors (Lipinski definition) is 1. The van der Waals surface area contributed by atoms with Crippen LogP contribution in [0.3, 0.4) is 0 Å². The van der Waals surface area contributed by atoms with E-state index < -0.39 is 16.9 Å². The number of carbonyl (C=O) groups is 1. The van der Waals surface area contributed by atoms with Crippen molar-refractivity contribution in [3.8, 4) is 5.75 Å². The highest BCUT2D eigenvalue weighted by molar-refractivity contribution is 5.75. The molecule has 1 atom stereocenters. The van der Waals surface area contributed by atoms with Crippen molar-refractivity contribution in [2.45, 2.75) is 19.4 Å². The van der Waals surface area contributed by atoms with E-state index in [9.17, 15) is 14.9 Å². The summed E-state index contributed by atoms with van der Waals surface area (Å²) in [5.74, 6) is -0.371. The van der Waals surface area contributed by atoms with Crippen LogP contribution in [0, 0.1) is 17.0 Å². The molecule has 2 N–H and O–H groups in total. The molecule has 0 saturated heterocycles. The molecule has 1 rings (SSSR count). The van der Waals surface area contributed by atoms with Gasteiger partial charge in [0, 0.05) is 12.5 Å². The Labute approximate surface area is 110 Å². The molecule has 0 aliphatic carbocycles. The Hall–Kier alpha value is -2.15. The van der Waals surface area contributed by atoms with Gasteiger partial charge >= 0.3 is 11.7 Å². The number of nitrogens with two attached hydrogens (primary N) is 1. The number of hydrogen-bond acceptors (Lipinski definition) is 6. The highest BCUT2D eigenvalue weighted by atomic mass is 16.6. The fraction of sp³-hybridized carbons (Fsp3) is 0.417. The summed E-state index contributed by atoms with van der Waals surface area (Å²) in [6, 6.07) is 3.78. The van der Waals surface area contributed by atoms with E-state index in [1.807, 2.05) is 0 Å². The monoisotopic (exact) mass is 268 g/mol. The van der Waals surface area contributed by atoms with Gasteiger partial charge in [-0.05, 0) is 18.6 Å². The van der Waals surface area contributed by atoms with Gasteiger partial charge < -0.3 is 15.2 Å². The molecule has 0 aliphatic heterocycles. The molecular weight excluding hydrogens is 252 g/mol. The van der Waals surface area contributed by atoms with Gasteiger partial charge in [0.1, 0.15) is 6.04 Å².